The lowest BCUT2D eigenvalue weighted by atomic mass is 10.0. The van der Waals surface area contributed by atoms with E-state index in [-0.39, 0.29) is 0 Å². The van der Waals surface area contributed by atoms with Gasteiger partial charge in [0.05, 0.1) is 0 Å². The summed E-state index contributed by atoms with van der Waals surface area (Å²) in [5, 5.41) is 1.26. The third-order valence-electron chi connectivity index (χ3n) is 2.32. The Balaban J connectivity index is 2.75. The number of aromatic amines is 1. The molecule has 2 nitrogen and oxygen atoms in total. The molecular weight excluding hydrogens is 160 g/mol. The molecule has 0 atom stereocenters. The number of aromatic nitrogens is 2. The van der Waals surface area contributed by atoms with Crippen LogP contribution in [-0.2, 0) is 0 Å². The van der Waals surface area contributed by atoms with Gasteiger partial charge in [0, 0.05) is 17.3 Å². The van der Waals surface area contributed by atoms with Gasteiger partial charge in [-0.1, -0.05) is 13.8 Å². The summed E-state index contributed by atoms with van der Waals surface area (Å²) in [4.78, 5) is 7.53. The molecule has 2 aromatic rings. The van der Waals surface area contributed by atoms with Gasteiger partial charge in [-0.15, -0.1) is 0 Å². The quantitative estimate of drug-likeness (QED) is 0.707. The van der Waals surface area contributed by atoms with Gasteiger partial charge in [0.2, 0.25) is 0 Å². The van der Waals surface area contributed by atoms with E-state index in [1.165, 1.54) is 16.6 Å². The van der Waals surface area contributed by atoms with Crippen molar-refractivity contribution in [2.24, 2.45) is 0 Å². The molecule has 0 aliphatic heterocycles. The Morgan fingerprint density at radius 2 is 2.15 bits per heavy atom. The normalized spacial score (nSPS) is 11.4. The predicted octanol–water partition coefficient (Wildman–Crippen LogP) is 2.99. The molecule has 1 N–H and O–H groups in total. The fourth-order valence-electron chi connectivity index (χ4n) is 1.68. The number of rotatable bonds is 1. The third kappa shape index (κ3) is 1.32. The topological polar surface area (TPSA) is 28.7 Å². The summed E-state index contributed by atoms with van der Waals surface area (Å²) in [7, 11) is 0. The Kier molecular flexibility index (Phi) is 1.83. The third-order valence-corrected chi connectivity index (χ3v) is 2.32. The van der Waals surface area contributed by atoms with Crippen LogP contribution in [0.15, 0.2) is 18.3 Å². The van der Waals surface area contributed by atoms with Crippen molar-refractivity contribution in [3.05, 3.63) is 29.6 Å². The number of hydrogen-bond donors (Lipinski definition) is 1. The van der Waals surface area contributed by atoms with Crippen molar-refractivity contribution in [2.45, 2.75) is 26.7 Å². The van der Waals surface area contributed by atoms with Gasteiger partial charge in [-0.25, -0.2) is 4.98 Å². The molecule has 68 valence electrons. The van der Waals surface area contributed by atoms with Crippen LogP contribution >= 0.6 is 0 Å². The van der Waals surface area contributed by atoms with Crippen LogP contribution in [0.3, 0.4) is 0 Å². The number of fused-ring (bicyclic) bond motifs is 1. The largest absolute Gasteiger partial charge is 0.344 e. The van der Waals surface area contributed by atoms with E-state index in [0.29, 0.717) is 5.92 Å². The maximum absolute atomic E-state index is 4.29. The Bertz CT molecular complexity index is 427. The molecule has 13 heavy (non-hydrogen) atoms. The molecule has 0 radical (unpaired) electrons. The zero-order valence-corrected chi connectivity index (χ0v) is 8.26. The summed E-state index contributed by atoms with van der Waals surface area (Å²) in [5.74, 6) is 0.556. The van der Waals surface area contributed by atoms with Gasteiger partial charge < -0.3 is 4.98 Å². The molecular formula is C11H14N2. The van der Waals surface area contributed by atoms with Crippen molar-refractivity contribution in [1.82, 2.24) is 9.97 Å². The van der Waals surface area contributed by atoms with Crippen molar-refractivity contribution in [1.29, 1.82) is 0 Å². The van der Waals surface area contributed by atoms with Crippen LogP contribution in [0.25, 0.3) is 11.0 Å². The van der Waals surface area contributed by atoms with Gasteiger partial charge >= 0.3 is 0 Å². The fourth-order valence-corrected chi connectivity index (χ4v) is 1.68. The lowest BCUT2D eigenvalue weighted by Crippen LogP contribution is -1.88. The molecule has 0 aliphatic carbocycles. The van der Waals surface area contributed by atoms with Gasteiger partial charge in [0.25, 0.3) is 0 Å². The second kappa shape index (κ2) is 2.87. The number of pyridine rings is 1. The van der Waals surface area contributed by atoms with Crippen LogP contribution in [0.4, 0.5) is 0 Å². The molecule has 0 saturated carbocycles. The van der Waals surface area contributed by atoms with E-state index in [1.54, 1.807) is 0 Å². The number of hydrogen-bond acceptors (Lipinski definition) is 1. The van der Waals surface area contributed by atoms with E-state index in [4.69, 9.17) is 0 Å². The minimum atomic E-state index is 0.556. The number of aryl methyl sites for hydroxylation is 1. The standard InChI is InChI=1S/C11H14N2/c1-7(2)9-4-5-12-11-10(9)6-8(3)13-11/h4-7H,1-3H3,(H,12,13). The molecule has 2 heteroatoms. The highest BCUT2D eigenvalue weighted by atomic mass is 14.8. The SMILES string of the molecule is Cc1cc2c(C(C)C)ccnc2[nH]1. The van der Waals surface area contributed by atoms with Crippen LogP contribution in [0.2, 0.25) is 0 Å². The summed E-state index contributed by atoms with van der Waals surface area (Å²) < 4.78 is 0. The van der Waals surface area contributed by atoms with Crippen LogP contribution in [-0.4, -0.2) is 9.97 Å². The smallest absolute Gasteiger partial charge is 0.137 e. The minimum Gasteiger partial charge on any atom is -0.344 e. The molecule has 0 bridgehead atoms. The summed E-state index contributed by atoms with van der Waals surface area (Å²) in [6.45, 7) is 6.47. The van der Waals surface area contributed by atoms with Gasteiger partial charge in [0.1, 0.15) is 5.65 Å². The maximum Gasteiger partial charge on any atom is 0.137 e. The van der Waals surface area contributed by atoms with Gasteiger partial charge in [0.15, 0.2) is 0 Å². The van der Waals surface area contributed by atoms with Crippen LogP contribution in [0, 0.1) is 6.92 Å². The molecule has 2 heterocycles. The van der Waals surface area contributed by atoms with E-state index < -0.39 is 0 Å². The van der Waals surface area contributed by atoms with Crippen molar-refractivity contribution in [3.8, 4) is 0 Å². The fraction of sp³-hybridized carbons (Fsp3) is 0.364. The van der Waals surface area contributed by atoms with E-state index in [1.807, 2.05) is 6.20 Å². The second-order valence-corrected chi connectivity index (χ2v) is 3.77. The lowest BCUT2D eigenvalue weighted by Gasteiger charge is -2.05. The summed E-state index contributed by atoms with van der Waals surface area (Å²) in [6.07, 6.45) is 1.87. The Morgan fingerprint density at radius 1 is 1.38 bits per heavy atom. The zero-order valence-electron chi connectivity index (χ0n) is 8.26. The summed E-state index contributed by atoms with van der Waals surface area (Å²) in [5.41, 5.74) is 3.55. The van der Waals surface area contributed by atoms with E-state index >= 15 is 0 Å². The van der Waals surface area contributed by atoms with Crippen LogP contribution < -0.4 is 0 Å². The molecule has 2 rings (SSSR count). The number of nitrogens with one attached hydrogen (secondary N) is 1. The van der Waals surface area contributed by atoms with Crippen LogP contribution in [0.1, 0.15) is 31.0 Å². The maximum atomic E-state index is 4.29. The molecule has 0 saturated heterocycles. The van der Waals surface area contributed by atoms with Crippen LogP contribution in [0.5, 0.6) is 0 Å². The van der Waals surface area contributed by atoms with E-state index in [2.05, 4.69) is 42.9 Å². The second-order valence-electron chi connectivity index (χ2n) is 3.77. The molecule has 2 aromatic heterocycles. The number of H-pyrrole nitrogens is 1. The highest BCUT2D eigenvalue weighted by Gasteiger charge is 2.06. The minimum absolute atomic E-state index is 0.556. The first-order valence-electron chi connectivity index (χ1n) is 4.62. The predicted molar refractivity (Wildman–Crippen MR) is 54.9 cm³/mol. The van der Waals surface area contributed by atoms with Crippen molar-refractivity contribution < 1.29 is 0 Å². The van der Waals surface area contributed by atoms with Crippen molar-refractivity contribution in [2.75, 3.05) is 0 Å². The average Bonchev–Trinajstić information content (AvgIpc) is 2.43. The molecule has 0 amide bonds. The van der Waals surface area contributed by atoms with Gasteiger partial charge in [-0.05, 0) is 30.5 Å². The number of nitrogens with zero attached hydrogens (tertiary/aromatic N) is 1. The summed E-state index contributed by atoms with van der Waals surface area (Å²) >= 11 is 0. The zero-order chi connectivity index (χ0) is 9.42. The lowest BCUT2D eigenvalue weighted by molar-refractivity contribution is 0.874. The van der Waals surface area contributed by atoms with E-state index in [0.717, 1.165) is 5.65 Å². The highest BCUT2D eigenvalue weighted by molar-refractivity contribution is 5.80. The first-order valence-corrected chi connectivity index (χ1v) is 4.62. The Morgan fingerprint density at radius 3 is 2.85 bits per heavy atom. The Labute approximate surface area is 78.0 Å². The van der Waals surface area contributed by atoms with Gasteiger partial charge in [-0.2, -0.15) is 0 Å². The monoisotopic (exact) mass is 174 g/mol. The van der Waals surface area contributed by atoms with E-state index in [9.17, 15) is 0 Å². The first kappa shape index (κ1) is 8.30. The van der Waals surface area contributed by atoms with Crippen molar-refractivity contribution >= 4 is 11.0 Å². The average molecular weight is 174 g/mol. The highest BCUT2D eigenvalue weighted by Crippen LogP contribution is 2.23. The molecule has 0 unspecified atom stereocenters. The molecule has 0 fully saturated rings. The molecule has 0 aromatic carbocycles. The van der Waals surface area contributed by atoms with Crippen molar-refractivity contribution in [3.63, 3.8) is 0 Å². The molecule has 0 aliphatic rings. The Hall–Kier alpha value is -1.31. The first-order chi connectivity index (χ1) is 6.18. The summed E-state index contributed by atoms with van der Waals surface area (Å²) in [6, 6.07) is 4.26. The van der Waals surface area contributed by atoms with Gasteiger partial charge in [-0.3, -0.25) is 0 Å². The molecule has 0 spiro atoms.